The number of ether oxygens (including phenoxy) is 3. The molecular weight excluding hydrogens is 622 g/mol. The normalized spacial score (nSPS) is 15.9. The number of nitrogens with zero attached hydrogens (tertiary/aromatic N) is 2. The van der Waals surface area contributed by atoms with Gasteiger partial charge in [-0.15, -0.1) is 0 Å². The van der Waals surface area contributed by atoms with Crippen LogP contribution < -0.4 is 14.2 Å². The van der Waals surface area contributed by atoms with E-state index >= 15 is 0 Å². The third kappa shape index (κ3) is 6.32. The summed E-state index contributed by atoms with van der Waals surface area (Å²) in [5.41, 5.74) is 3.30. The van der Waals surface area contributed by atoms with Gasteiger partial charge in [-0.1, -0.05) is 34.1 Å². The molecule has 0 bridgehead atoms. The Hall–Kier alpha value is -4.22. The van der Waals surface area contributed by atoms with Gasteiger partial charge in [0.25, 0.3) is 5.91 Å². The first-order chi connectivity index (χ1) is 20.3. The number of amidine groups is 1. The molecule has 42 heavy (non-hydrogen) atoms. The standard InChI is InChI=1S/C31H28BrN3O6S/c1-18(30(37)38)41-28-20(14-21(32)16-26(28)40-3)15-27-29(36)35(13-12-19-17-33-25-7-5-4-6-24(19)25)31(42-27)34-22-8-10-23(39-2)11-9-22/h4-11,14-18,33H,12-13H2,1-3H3,(H,37,38)/b27-15-,34-31?. The second kappa shape index (κ2) is 12.7. The molecule has 11 heteroatoms. The largest absolute Gasteiger partial charge is 0.497 e. The van der Waals surface area contributed by atoms with Gasteiger partial charge in [0, 0.05) is 33.7 Å². The molecule has 1 fully saturated rings. The average molecular weight is 651 g/mol. The van der Waals surface area contributed by atoms with Gasteiger partial charge >= 0.3 is 5.97 Å². The molecule has 216 valence electrons. The number of para-hydroxylation sites is 1. The second-order valence-corrected chi connectivity index (χ2v) is 11.3. The van der Waals surface area contributed by atoms with E-state index in [0.29, 0.717) is 50.3 Å². The van der Waals surface area contributed by atoms with E-state index in [4.69, 9.17) is 19.2 Å². The molecule has 0 saturated carbocycles. The summed E-state index contributed by atoms with van der Waals surface area (Å²) in [6.45, 7) is 1.84. The lowest BCUT2D eigenvalue weighted by Gasteiger charge is -2.17. The number of nitrogens with one attached hydrogen (secondary N) is 1. The number of hydrogen-bond acceptors (Lipinski definition) is 7. The number of aliphatic imine (C=N–C) groups is 1. The lowest BCUT2D eigenvalue weighted by atomic mass is 10.1. The van der Waals surface area contributed by atoms with Gasteiger partial charge in [0.05, 0.1) is 24.8 Å². The van der Waals surface area contributed by atoms with E-state index in [1.54, 1.807) is 30.2 Å². The van der Waals surface area contributed by atoms with Crippen LogP contribution in [-0.4, -0.2) is 58.9 Å². The van der Waals surface area contributed by atoms with E-state index in [-0.39, 0.29) is 11.7 Å². The van der Waals surface area contributed by atoms with Crippen LogP contribution in [0.3, 0.4) is 0 Å². The molecule has 0 radical (unpaired) electrons. The number of thioether (sulfide) groups is 1. The Bertz CT molecular complexity index is 1700. The van der Waals surface area contributed by atoms with E-state index in [9.17, 15) is 14.7 Å². The molecule has 1 saturated heterocycles. The van der Waals surface area contributed by atoms with Crippen molar-refractivity contribution in [2.75, 3.05) is 20.8 Å². The van der Waals surface area contributed by atoms with Gasteiger partial charge in [0.15, 0.2) is 22.8 Å². The first-order valence-electron chi connectivity index (χ1n) is 13.0. The highest BCUT2D eigenvalue weighted by atomic mass is 79.9. The van der Waals surface area contributed by atoms with Gasteiger partial charge < -0.3 is 24.3 Å². The van der Waals surface area contributed by atoms with Crippen LogP contribution in [0.2, 0.25) is 0 Å². The van der Waals surface area contributed by atoms with Crippen molar-refractivity contribution < 1.29 is 28.9 Å². The van der Waals surface area contributed by atoms with Crippen molar-refractivity contribution in [3.05, 3.63) is 87.4 Å². The van der Waals surface area contributed by atoms with Crippen molar-refractivity contribution in [3.63, 3.8) is 0 Å². The maximum Gasteiger partial charge on any atom is 0.344 e. The fourth-order valence-corrected chi connectivity index (χ4v) is 5.94. The quantitative estimate of drug-likeness (QED) is 0.185. The Morgan fingerprint density at radius 1 is 1.14 bits per heavy atom. The van der Waals surface area contributed by atoms with E-state index < -0.39 is 12.1 Å². The van der Waals surface area contributed by atoms with Crippen LogP contribution in [0, 0.1) is 0 Å². The number of carbonyl (C=O) groups excluding carboxylic acids is 1. The zero-order chi connectivity index (χ0) is 29.8. The monoisotopic (exact) mass is 649 g/mol. The summed E-state index contributed by atoms with van der Waals surface area (Å²) >= 11 is 4.71. The van der Waals surface area contributed by atoms with E-state index in [1.165, 1.54) is 25.8 Å². The molecule has 3 aromatic carbocycles. The number of fused-ring (bicyclic) bond motifs is 1. The SMILES string of the molecule is COc1ccc(N=C2S/C(=C\c3cc(Br)cc(OC)c3OC(C)C(=O)O)C(=O)N2CCc2c[nH]c3ccccc23)cc1. The Labute approximate surface area is 255 Å². The molecule has 1 aliphatic heterocycles. The van der Waals surface area contributed by atoms with Crippen LogP contribution >= 0.6 is 27.7 Å². The second-order valence-electron chi connectivity index (χ2n) is 9.39. The average Bonchev–Trinajstić information content (AvgIpc) is 3.53. The molecule has 4 aromatic rings. The van der Waals surface area contributed by atoms with E-state index in [2.05, 4.69) is 27.0 Å². The number of carboxylic acid groups (broad SMARTS) is 1. The Morgan fingerprint density at radius 3 is 2.62 bits per heavy atom. The number of aromatic amines is 1. The van der Waals surface area contributed by atoms with Crippen molar-refractivity contribution in [1.29, 1.82) is 0 Å². The number of rotatable bonds is 10. The summed E-state index contributed by atoms with van der Waals surface area (Å²) in [5.74, 6) is -0.0754. The maximum absolute atomic E-state index is 13.9. The number of carbonyl (C=O) groups is 2. The third-order valence-electron chi connectivity index (χ3n) is 6.66. The summed E-state index contributed by atoms with van der Waals surface area (Å²) in [6.07, 6.45) is 3.12. The fourth-order valence-electron chi connectivity index (χ4n) is 4.47. The minimum absolute atomic E-state index is 0.219. The summed E-state index contributed by atoms with van der Waals surface area (Å²) in [6, 6.07) is 18.8. The zero-order valence-electron chi connectivity index (χ0n) is 23.1. The number of hydrogen-bond donors (Lipinski definition) is 2. The summed E-state index contributed by atoms with van der Waals surface area (Å²) < 4.78 is 17.2. The molecule has 5 rings (SSSR count). The zero-order valence-corrected chi connectivity index (χ0v) is 25.5. The van der Waals surface area contributed by atoms with Gasteiger partial charge in [-0.25, -0.2) is 9.79 Å². The first kappa shape index (κ1) is 29.3. The fraction of sp³-hybridized carbons (Fsp3) is 0.194. The predicted molar refractivity (Wildman–Crippen MR) is 168 cm³/mol. The summed E-state index contributed by atoms with van der Waals surface area (Å²) in [4.78, 5) is 35.6. The minimum atomic E-state index is -1.14. The first-order valence-corrected chi connectivity index (χ1v) is 14.6. The number of amides is 1. The van der Waals surface area contributed by atoms with Crippen LogP contribution in [0.1, 0.15) is 18.1 Å². The van der Waals surface area contributed by atoms with E-state index in [0.717, 1.165) is 16.5 Å². The third-order valence-corrected chi connectivity index (χ3v) is 8.13. The van der Waals surface area contributed by atoms with Gasteiger partial charge in [-0.2, -0.15) is 0 Å². The highest BCUT2D eigenvalue weighted by Crippen LogP contribution is 2.40. The molecule has 1 unspecified atom stereocenters. The Kier molecular flexibility index (Phi) is 8.89. The smallest absolute Gasteiger partial charge is 0.344 e. The highest BCUT2D eigenvalue weighted by molar-refractivity contribution is 9.10. The molecule has 1 aliphatic rings. The van der Waals surface area contributed by atoms with Crippen LogP contribution in [0.5, 0.6) is 17.2 Å². The van der Waals surface area contributed by atoms with Crippen molar-refractivity contribution in [2.45, 2.75) is 19.4 Å². The van der Waals surface area contributed by atoms with Crippen LogP contribution in [0.25, 0.3) is 17.0 Å². The topological polar surface area (TPSA) is 113 Å². The van der Waals surface area contributed by atoms with Crippen LogP contribution in [-0.2, 0) is 16.0 Å². The van der Waals surface area contributed by atoms with Crippen molar-refractivity contribution in [2.24, 2.45) is 4.99 Å². The highest BCUT2D eigenvalue weighted by Gasteiger charge is 2.34. The van der Waals surface area contributed by atoms with Gasteiger partial charge in [-0.05, 0) is 79.2 Å². The minimum Gasteiger partial charge on any atom is -0.497 e. The summed E-state index contributed by atoms with van der Waals surface area (Å²) in [5, 5.41) is 11.1. The van der Waals surface area contributed by atoms with E-state index in [1.807, 2.05) is 48.7 Å². The number of aromatic nitrogens is 1. The Morgan fingerprint density at radius 2 is 1.90 bits per heavy atom. The van der Waals surface area contributed by atoms with Crippen molar-refractivity contribution in [3.8, 4) is 17.2 Å². The lowest BCUT2D eigenvalue weighted by Crippen LogP contribution is -2.31. The van der Waals surface area contributed by atoms with Gasteiger partial charge in [-0.3, -0.25) is 9.69 Å². The molecule has 0 spiro atoms. The van der Waals surface area contributed by atoms with Gasteiger partial charge in [0.1, 0.15) is 5.75 Å². The Balaban J connectivity index is 1.52. The number of carboxylic acids is 1. The van der Waals surface area contributed by atoms with Crippen molar-refractivity contribution >= 4 is 67.4 Å². The number of aliphatic carboxylic acids is 1. The summed E-state index contributed by atoms with van der Waals surface area (Å²) in [7, 11) is 3.07. The van der Waals surface area contributed by atoms with Crippen LogP contribution in [0.15, 0.2) is 81.2 Å². The molecule has 0 aliphatic carbocycles. The number of H-pyrrole nitrogens is 1. The number of methoxy groups -OCH3 is 2. The number of halogens is 1. The molecule has 2 N–H and O–H groups in total. The molecule has 1 amide bonds. The van der Waals surface area contributed by atoms with Crippen LogP contribution in [0.4, 0.5) is 5.69 Å². The molecule has 9 nitrogen and oxygen atoms in total. The molecule has 1 atom stereocenters. The predicted octanol–water partition coefficient (Wildman–Crippen LogP) is 6.65. The molecule has 1 aromatic heterocycles. The lowest BCUT2D eigenvalue weighted by molar-refractivity contribution is -0.144. The molecule has 2 heterocycles. The maximum atomic E-state index is 13.9. The van der Waals surface area contributed by atoms with Gasteiger partial charge in [0.2, 0.25) is 0 Å². The van der Waals surface area contributed by atoms with Crippen molar-refractivity contribution in [1.82, 2.24) is 9.88 Å². The molecular formula is C31H28BrN3O6S. The number of benzene rings is 3.